The largest absolute Gasteiger partial charge is 0.393 e. The lowest BCUT2D eigenvalue weighted by Gasteiger charge is -2.26. The van der Waals surface area contributed by atoms with Gasteiger partial charge in [0.2, 0.25) is 0 Å². The van der Waals surface area contributed by atoms with Crippen molar-refractivity contribution in [1.82, 2.24) is 4.98 Å². The summed E-state index contributed by atoms with van der Waals surface area (Å²) in [6.07, 6.45) is 7.84. The van der Waals surface area contributed by atoms with E-state index in [-0.39, 0.29) is 6.10 Å². The second kappa shape index (κ2) is 5.30. The molecule has 1 saturated carbocycles. The van der Waals surface area contributed by atoms with Crippen LogP contribution in [0.1, 0.15) is 31.2 Å². The van der Waals surface area contributed by atoms with Crippen LogP contribution in [0.15, 0.2) is 18.5 Å². The predicted molar refractivity (Wildman–Crippen MR) is 65.4 cm³/mol. The van der Waals surface area contributed by atoms with Crippen molar-refractivity contribution in [2.45, 2.75) is 38.7 Å². The van der Waals surface area contributed by atoms with E-state index in [9.17, 15) is 5.11 Å². The molecule has 0 atom stereocenters. The Labute approximate surface area is 96.9 Å². The minimum absolute atomic E-state index is 0.0566. The molecule has 0 saturated heterocycles. The van der Waals surface area contributed by atoms with Crippen LogP contribution in [-0.4, -0.2) is 22.7 Å². The number of rotatable bonds is 3. The minimum Gasteiger partial charge on any atom is -0.393 e. The molecule has 3 nitrogen and oxygen atoms in total. The zero-order valence-corrected chi connectivity index (χ0v) is 9.82. The molecular formula is C13H20N2O. The zero-order chi connectivity index (χ0) is 11.4. The smallest absolute Gasteiger partial charge is 0.0540 e. The molecule has 0 bridgehead atoms. The van der Waals surface area contributed by atoms with E-state index in [1.807, 2.05) is 18.5 Å². The third-order valence-electron chi connectivity index (χ3n) is 3.42. The number of aliphatic hydroxyl groups is 1. The van der Waals surface area contributed by atoms with E-state index in [2.05, 4.69) is 17.2 Å². The number of aliphatic hydroxyl groups excluding tert-OH is 1. The summed E-state index contributed by atoms with van der Waals surface area (Å²) in [5.74, 6) is 0.705. The lowest BCUT2D eigenvalue weighted by atomic mass is 9.87. The predicted octanol–water partition coefficient (Wildman–Crippen LogP) is 2.35. The van der Waals surface area contributed by atoms with Gasteiger partial charge in [0.05, 0.1) is 6.10 Å². The number of anilines is 1. The lowest BCUT2D eigenvalue weighted by Crippen LogP contribution is -2.23. The fraction of sp³-hybridized carbons (Fsp3) is 0.615. The number of pyridine rings is 1. The number of nitrogens with zero attached hydrogens (tertiary/aromatic N) is 1. The Morgan fingerprint density at radius 3 is 2.81 bits per heavy atom. The number of aromatic nitrogens is 1. The molecule has 0 aromatic carbocycles. The lowest BCUT2D eigenvalue weighted by molar-refractivity contribution is 0.111. The van der Waals surface area contributed by atoms with Crippen molar-refractivity contribution in [3.05, 3.63) is 24.0 Å². The van der Waals surface area contributed by atoms with Crippen LogP contribution in [0.5, 0.6) is 0 Å². The summed E-state index contributed by atoms with van der Waals surface area (Å²) in [4.78, 5) is 4.08. The van der Waals surface area contributed by atoms with Crippen molar-refractivity contribution in [2.24, 2.45) is 5.92 Å². The van der Waals surface area contributed by atoms with Crippen molar-refractivity contribution >= 4 is 5.69 Å². The van der Waals surface area contributed by atoms with Gasteiger partial charge < -0.3 is 10.4 Å². The van der Waals surface area contributed by atoms with Crippen molar-refractivity contribution in [1.29, 1.82) is 0 Å². The van der Waals surface area contributed by atoms with Crippen LogP contribution < -0.4 is 5.32 Å². The summed E-state index contributed by atoms with van der Waals surface area (Å²) < 4.78 is 0. The van der Waals surface area contributed by atoms with E-state index in [0.29, 0.717) is 5.92 Å². The van der Waals surface area contributed by atoms with Crippen molar-refractivity contribution in [3.63, 3.8) is 0 Å². The summed E-state index contributed by atoms with van der Waals surface area (Å²) in [6.45, 7) is 3.08. The van der Waals surface area contributed by atoms with Crippen LogP contribution in [0.25, 0.3) is 0 Å². The number of hydrogen-bond donors (Lipinski definition) is 2. The molecule has 0 radical (unpaired) electrons. The molecular weight excluding hydrogens is 200 g/mol. The molecule has 1 aromatic heterocycles. The second-order valence-electron chi connectivity index (χ2n) is 4.75. The molecule has 16 heavy (non-hydrogen) atoms. The third kappa shape index (κ3) is 2.95. The normalized spacial score (nSPS) is 25.4. The molecule has 0 spiro atoms. The first-order valence-electron chi connectivity index (χ1n) is 6.08. The van der Waals surface area contributed by atoms with Crippen molar-refractivity contribution < 1.29 is 5.11 Å². The Morgan fingerprint density at radius 1 is 1.38 bits per heavy atom. The summed E-state index contributed by atoms with van der Waals surface area (Å²) >= 11 is 0. The van der Waals surface area contributed by atoms with Gasteiger partial charge in [0.15, 0.2) is 0 Å². The van der Waals surface area contributed by atoms with E-state index in [1.54, 1.807) is 0 Å². The Morgan fingerprint density at radius 2 is 2.12 bits per heavy atom. The Kier molecular flexibility index (Phi) is 3.78. The van der Waals surface area contributed by atoms with Crippen LogP contribution in [0, 0.1) is 12.8 Å². The molecule has 2 rings (SSSR count). The van der Waals surface area contributed by atoms with Gasteiger partial charge in [-0.25, -0.2) is 0 Å². The molecule has 1 fully saturated rings. The van der Waals surface area contributed by atoms with Crippen molar-refractivity contribution in [2.75, 3.05) is 11.9 Å². The molecule has 0 amide bonds. The van der Waals surface area contributed by atoms with Gasteiger partial charge in [-0.1, -0.05) is 0 Å². The first kappa shape index (κ1) is 11.4. The number of aryl methyl sites for hydroxylation is 1. The maximum Gasteiger partial charge on any atom is 0.0540 e. The first-order valence-corrected chi connectivity index (χ1v) is 6.08. The third-order valence-corrected chi connectivity index (χ3v) is 3.42. The Bertz CT molecular complexity index is 332. The monoisotopic (exact) mass is 220 g/mol. The van der Waals surface area contributed by atoms with E-state index in [4.69, 9.17) is 0 Å². The summed E-state index contributed by atoms with van der Waals surface area (Å²) in [7, 11) is 0. The summed E-state index contributed by atoms with van der Waals surface area (Å²) in [5, 5.41) is 12.9. The van der Waals surface area contributed by atoms with Crippen LogP contribution in [-0.2, 0) is 0 Å². The van der Waals surface area contributed by atoms with Crippen LogP contribution in [0.3, 0.4) is 0 Å². The van der Waals surface area contributed by atoms with E-state index < -0.39 is 0 Å². The molecule has 2 N–H and O–H groups in total. The van der Waals surface area contributed by atoms with E-state index >= 15 is 0 Å². The highest BCUT2D eigenvalue weighted by atomic mass is 16.3. The van der Waals surface area contributed by atoms with E-state index in [1.165, 1.54) is 11.3 Å². The van der Waals surface area contributed by atoms with Gasteiger partial charge in [-0.3, -0.25) is 4.98 Å². The quantitative estimate of drug-likeness (QED) is 0.822. The average Bonchev–Trinajstić information content (AvgIpc) is 2.30. The molecule has 1 aromatic rings. The maximum atomic E-state index is 9.43. The Balaban J connectivity index is 1.81. The topological polar surface area (TPSA) is 45.2 Å². The van der Waals surface area contributed by atoms with Gasteiger partial charge in [0.25, 0.3) is 0 Å². The van der Waals surface area contributed by atoms with Gasteiger partial charge in [-0.05, 0) is 50.2 Å². The van der Waals surface area contributed by atoms with Crippen molar-refractivity contribution in [3.8, 4) is 0 Å². The maximum absolute atomic E-state index is 9.43. The molecule has 88 valence electrons. The van der Waals surface area contributed by atoms with Crippen LogP contribution in [0.2, 0.25) is 0 Å². The van der Waals surface area contributed by atoms with Gasteiger partial charge >= 0.3 is 0 Å². The van der Waals surface area contributed by atoms with E-state index in [0.717, 1.165) is 32.2 Å². The van der Waals surface area contributed by atoms with Crippen LogP contribution in [0.4, 0.5) is 5.69 Å². The zero-order valence-electron chi connectivity index (χ0n) is 9.82. The van der Waals surface area contributed by atoms with Gasteiger partial charge in [-0.15, -0.1) is 0 Å². The van der Waals surface area contributed by atoms with Gasteiger partial charge in [-0.2, -0.15) is 0 Å². The molecule has 0 unspecified atom stereocenters. The highest BCUT2D eigenvalue weighted by molar-refractivity contribution is 5.48. The number of hydrogen-bond acceptors (Lipinski definition) is 3. The molecule has 1 heterocycles. The standard InChI is InChI=1S/C13H20N2O/c1-10-8-14-7-6-13(10)15-9-11-2-4-12(16)5-3-11/h6-8,11-12,16H,2-5,9H2,1H3,(H,14,15). The number of nitrogens with one attached hydrogen (secondary N) is 1. The molecule has 1 aliphatic rings. The fourth-order valence-electron chi connectivity index (χ4n) is 2.28. The highest BCUT2D eigenvalue weighted by Crippen LogP contribution is 2.24. The molecule has 0 aliphatic heterocycles. The summed E-state index contributed by atoms with van der Waals surface area (Å²) in [5.41, 5.74) is 2.37. The molecule has 1 aliphatic carbocycles. The van der Waals surface area contributed by atoms with Gasteiger partial charge in [0, 0.05) is 24.6 Å². The summed E-state index contributed by atoms with van der Waals surface area (Å²) in [6, 6.07) is 2.02. The SMILES string of the molecule is Cc1cnccc1NCC1CCC(O)CC1. The Hall–Kier alpha value is -1.09. The fourth-order valence-corrected chi connectivity index (χ4v) is 2.28. The first-order chi connectivity index (χ1) is 7.75. The van der Waals surface area contributed by atoms with Gasteiger partial charge in [0.1, 0.15) is 0 Å². The second-order valence-corrected chi connectivity index (χ2v) is 4.75. The average molecular weight is 220 g/mol. The minimum atomic E-state index is -0.0566. The molecule has 3 heteroatoms. The van der Waals surface area contributed by atoms with Crippen LogP contribution >= 0.6 is 0 Å². The highest BCUT2D eigenvalue weighted by Gasteiger charge is 2.18.